The fourth-order valence-electron chi connectivity index (χ4n) is 2.90. The van der Waals surface area contributed by atoms with E-state index in [-0.39, 0.29) is 5.91 Å². The molecule has 0 saturated heterocycles. The lowest BCUT2D eigenvalue weighted by molar-refractivity contribution is -0.125. The van der Waals surface area contributed by atoms with E-state index in [1.54, 1.807) is 9.42 Å². The van der Waals surface area contributed by atoms with Crippen LogP contribution < -0.4 is 4.90 Å². The van der Waals surface area contributed by atoms with Gasteiger partial charge < -0.3 is 4.90 Å². The first kappa shape index (κ1) is 18.0. The van der Waals surface area contributed by atoms with E-state index in [1.807, 2.05) is 71.9 Å². The molecule has 2 heterocycles. The molecule has 0 aliphatic carbocycles. The SMILES string of the molecule is Cc1cccc(N(Cc2nc3nc(C)cc(C)n3n2)C(=O)C(C)(C)C)c1. The average molecular weight is 351 g/mol. The van der Waals surface area contributed by atoms with Gasteiger partial charge in [-0.15, -0.1) is 5.10 Å². The first-order valence-corrected chi connectivity index (χ1v) is 8.74. The summed E-state index contributed by atoms with van der Waals surface area (Å²) in [6.07, 6.45) is 0. The fraction of sp³-hybridized carbons (Fsp3) is 0.400. The van der Waals surface area contributed by atoms with Crippen molar-refractivity contribution in [3.05, 3.63) is 53.1 Å². The molecule has 0 unspecified atom stereocenters. The molecule has 0 atom stereocenters. The number of anilines is 1. The minimum atomic E-state index is -0.506. The van der Waals surface area contributed by atoms with E-state index < -0.39 is 5.41 Å². The van der Waals surface area contributed by atoms with Gasteiger partial charge in [-0.3, -0.25) is 4.79 Å². The molecule has 1 amide bonds. The maximum absolute atomic E-state index is 13.1. The molecule has 0 N–H and O–H groups in total. The molecule has 0 fully saturated rings. The second-order valence-corrected chi connectivity index (χ2v) is 7.76. The molecule has 26 heavy (non-hydrogen) atoms. The number of amides is 1. The van der Waals surface area contributed by atoms with Crippen molar-refractivity contribution >= 4 is 17.4 Å². The Morgan fingerprint density at radius 2 is 1.85 bits per heavy atom. The highest BCUT2D eigenvalue weighted by atomic mass is 16.2. The zero-order valence-corrected chi connectivity index (χ0v) is 16.2. The van der Waals surface area contributed by atoms with Crippen LogP contribution in [0.15, 0.2) is 30.3 Å². The summed E-state index contributed by atoms with van der Waals surface area (Å²) in [7, 11) is 0. The highest BCUT2D eigenvalue weighted by Gasteiger charge is 2.29. The lowest BCUT2D eigenvalue weighted by atomic mass is 9.94. The predicted octanol–water partition coefficient (Wildman–Crippen LogP) is 3.63. The predicted molar refractivity (Wildman–Crippen MR) is 102 cm³/mol. The number of nitrogens with zero attached hydrogens (tertiary/aromatic N) is 5. The third kappa shape index (κ3) is 3.59. The first-order valence-electron chi connectivity index (χ1n) is 8.74. The Balaban J connectivity index is 2.03. The summed E-state index contributed by atoms with van der Waals surface area (Å²) >= 11 is 0. The average Bonchev–Trinajstić information content (AvgIpc) is 2.94. The van der Waals surface area contributed by atoms with Crippen molar-refractivity contribution in [3.63, 3.8) is 0 Å². The summed E-state index contributed by atoms with van der Waals surface area (Å²) < 4.78 is 1.72. The van der Waals surface area contributed by atoms with E-state index in [9.17, 15) is 4.79 Å². The number of aryl methyl sites for hydroxylation is 3. The van der Waals surface area contributed by atoms with Gasteiger partial charge in [-0.1, -0.05) is 32.9 Å². The highest BCUT2D eigenvalue weighted by Crippen LogP contribution is 2.25. The maximum atomic E-state index is 13.1. The van der Waals surface area contributed by atoms with Crippen molar-refractivity contribution in [1.82, 2.24) is 19.6 Å². The van der Waals surface area contributed by atoms with Crippen molar-refractivity contribution in [1.29, 1.82) is 0 Å². The highest BCUT2D eigenvalue weighted by molar-refractivity contribution is 5.96. The van der Waals surface area contributed by atoms with Gasteiger partial charge in [0.15, 0.2) is 5.82 Å². The second-order valence-electron chi connectivity index (χ2n) is 7.76. The maximum Gasteiger partial charge on any atom is 0.252 e. The van der Waals surface area contributed by atoms with Crippen molar-refractivity contribution in [2.24, 2.45) is 5.41 Å². The Morgan fingerprint density at radius 1 is 1.12 bits per heavy atom. The van der Waals surface area contributed by atoms with E-state index in [2.05, 4.69) is 15.1 Å². The van der Waals surface area contributed by atoms with Crippen LogP contribution in [0.2, 0.25) is 0 Å². The van der Waals surface area contributed by atoms with Crippen molar-refractivity contribution in [2.75, 3.05) is 4.90 Å². The molecule has 136 valence electrons. The van der Waals surface area contributed by atoms with Crippen LogP contribution in [-0.4, -0.2) is 25.5 Å². The van der Waals surface area contributed by atoms with Crippen molar-refractivity contribution < 1.29 is 4.79 Å². The molecular weight excluding hydrogens is 326 g/mol. The second kappa shape index (κ2) is 6.52. The third-order valence-corrected chi connectivity index (χ3v) is 4.16. The van der Waals surface area contributed by atoms with Crippen LogP contribution in [0.1, 0.15) is 43.5 Å². The molecule has 0 aliphatic rings. The molecule has 3 aromatic rings. The molecule has 0 saturated carbocycles. The number of carbonyl (C=O) groups excluding carboxylic acids is 1. The molecule has 0 radical (unpaired) electrons. The Labute approximate surface area is 153 Å². The van der Waals surface area contributed by atoms with Crippen molar-refractivity contribution in [3.8, 4) is 0 Å². The number of hydrogen-bond donors (Lipinski definition) is 0. The molecular formula is C20H25N5O. The summed E-state index contributed by atoms with van der Waals surface area (Å²) in [4.78, 5) is 23.8. The van der Waals surface area contributed by atoms with Crippen LogP contribution in [0.25, 0.3) is 5.78 Å². The van der Waals surface area contributed by atoms with E-state index in [0.29, 0.717) is 18.1 Å². The van der Waals surface area contributed by atoms with Crippen LogP contribution in [0.5, 0.6) is 0 Å². The zero-order chi connectivity index (χ0) is 19.1. The van der Waals surface area contributed by atoms with E-state index >= 15 is 0 Å². The quantitative estimate of drug-likeness (QED) is 0.723. The topological polar surface area (TPSA) is 63.4 Å². The zero-order valence-electron chi connectivity index (χ0n) is 16.2. The minimum absolute atomic E-state index is 0.0304. The number of rotatable bonds is 3. The van der Waals surface area contributed by atoms with Gasteiger partial charge in [-0.05, 0) is 44.5 Å². The summed E-state index contributed by atoms with van der Waals surface area (Å²) in [5.41, 5.74) is 3.31. The number of aromatic nitrogens is 4. The van der Waals surface area contributed by atoms with E-state index in [0.717, 1.165) is 22.6 Å². The number of fused-ring (bicyclic) bond motifs is 1. The Kier molecular flexibility index (Phi) is 4.52. The standard InChI is InChI=1S/C20H25N5O/c1-13-8-7-9-16(10-13)24(18(26)20(4,5)6)12-17-22-19-21-14(2)11-15(3)25(19)23-17/h7-11H,12H2,1-6H3. The van der Waals surface area contributed by atoms with Crippen LogP contribution in [0.3, 0.4) is 0 Å². The number of hydrogen-bond acceptors (Lipinski definition) is 4. The van der Waals surface area contributed by atoms with Gasteiger partial charge in [-0.25, -0.2) is 9.50 Å². The Hall–Kier alpha value is -2.76. The van der Waals surface area contributed by atoms with Crippen LogP contribution in [0.4, 0.5) is 5.69 Å². The summed E-state index contributed by atoms with van der Waals surface area (Å²) in [5, 5.41) is 4.55. The van der Waals surface area contributed by atoms with Gasteiger partial charge in [0.2, 0.25) is 5.91 Å². The molecule has 6 nitrogen and oxygen atoms in total. The summed E-state index contributed by atoms with van der Waals surface area (Å²) in [6, 6.07) is 9.89. The van der Waals surface area contributed by atoms with Gasteiger partial charge in [0.1, 0.15) is 0 Å². The van der Waals surface area contributed by atoms with Gasteiger partial charge in [-0.2, -0.15) is 4.98 Å². The van der Waals surface area contributed by atoms with Gasteiger partial charge in [0, 0.05) is 22.5 Å². The van der Waals surface area contributed by atoms with Crippen LogP contribution in [-0.2, 0) is 11.3 Å². The molecule has 0 bridgehead atoms. The smallest absolute Gasteiger partial charge is 0.252 e. The van der Waals surface area contributed by atoms with E-state index in [1.165, 1.54) is 0 Å². The molecule has 0 aliphatic heterocycles. The summed E-state index contributed by atoms with van der Waals surface area (Å²) in [5.74, 6) is 1.16. The van der Waals surface area contributed by atoms with Gasteiger partial charge in [0.25, 0.3) is 5.78 Å². The molecule has 0 spiro atoms. The molecule has 2 aromatic heterocycles. The Morgan fingerprint density at radius 3 is 2.50 bits per heavy atom. The largest absolute Gasteiger partial charge is 0.304 e. The molecule has 1 aromatic carbocycles. The third-order valence-electron chi connectivity index (χ3n) is 4.16. The number of benzene rings is 1. The van der Waals surface area contributed by atoms with E-state index in [4.69, 9.17) is 0 Å². The normalized spacial score (nSPS) is 11.8. The lowest BCUT2D eigenvalue weighted by Gasteiger charge is -2.29. The van der Waals surface area contributed by atoms with Gasteiger partial charge >= 0.3 is 0 Å². The van der Waals surface area contributed by atoms with Gasteiger partial charge in [0.05, 0.1) is 6.54 Å². The van der Waals surface area contributed by atoms with Crippen LogP contribution >= 0.6 is 0 Å². The lowest BCUT2D eigenvalue weighted by Crippen LogP contribution is -2.39. The fourth-order valence-corrected chi connectivity index (χ4v) is 2.90. The van der Waals surface area contributed by atoms with Crippen molar-refractivity contribution in [2.45, 2.75) is 48.1 Å². The molecule has 6 heteroatoms. The van der Waals surface area contributed by atoms with Crippen LogP contribution in [0, 0.1) is 26.2 Å². The monoisotopic (exact) mass is 351 g/mol. The number of carbonyl (C=O) groups is 1. The summed E-state index contributed by atoms with van der Waals surface area (Å²) in [6.45, 7) is 12.0. The molecule has 3 rings (SSSR count). The first-order chi connectivity index (χ1) is 12.1. The minimum Gasteiger partial charge on any atom is -0.304 e. The Bertz CT molecular complexity index is 968.